The molecule has 3 saturated carbocycles. The minimum absolute atomic E-state index is 0.258. The number of benzene rings is 2. The average Bonchev–Trinajstić information content (AvgIpc) is 3.26. The summed E-state index contributed by atoms with van der Waals surface area (Å²) in [5.41, 5.74) is 3.76. The number of aromatic amines is 1. The van der Waals surface area contributed by atoms with Gasteiger partial charge in [-0.3, -0.25) is 0 Å². The van der Waals surface area contributed by atoms with Gasteiger partial charge in [-0.05, 0) is 62.5 Å². The van der Waals surface area contributed by atoms with Crippen molar-refractivity contribution in [2.45, 2.75) is 45.6 Å². The van der Waals surface area contributed by atoms with Crippen LogP contribution in [0, 0.1) is 36.3 Å². The first-order valence-electron chi connectivity index (χ1n) is 12.2. The molecule has 0 radical (unpaired) electrons. The molecule has 0 aliphatic heterocycles. The normalized spacial score (nSPS) is 24.0. The van der Waals surface area contributed by atoms with Crippen LogP contribution in [0.5, 0.6) is 0 Å². The Hall–Kier alpha value is -3.28. The van der Waals surface area contributed by atoms with Crippen molar-refractivity contribution in [3.63, 3.8) is 0 Å². The van der Waals surface area contributed by atoms with E-state index in [-0.39, 0.29) is 5.52 Å². The fourth-order valence-electron chi connectivity index (χ4n) is 6.11. The summed E-state index contributed by atoms with van der Waals surface area (Å²) in [5.74, 6) is 1.97. The average molecular weight is 459 g/mol. The lowest BCUT2D eigenvalue weighted by Gasteiger charge is -2.47. The maximum Gasteiger partial charge on any atom is 0.164 e. The molecule has 3 aliphatic carbocycles. The molecule has 3 fully saturated rings. The fourth-order valence-corrected chi connectivity index (χ4v) is 6.11. The third-order valence-electron chi connectivity index (χ3n) is 7.94. The van der Waals surface area contributed by atoms with Crippen LogP contribution in [0.2, 0.25) is 0 Å². The van der Waals surface area contributed by atoms with Crippen molar-refractivity contribution in [1.29, 1.82) is 0 Å². The minimum atomic E-state index is -0.624. The van der Waals surface area contributed by atoms with Gasteiger partial charge in [0, 0.05) is 40.9 Å². The minimum Gasteiger partial charge on any atom is -0.367 e. The Kier molecular flexibility index (Phi) is 5.12. The molecule has 2 bridgehead atoms. The zero-order valence-electron chi connectivity index (χ0n) is 19.4. The van der Waals surface area contributed by atoms with Crippen molar-refractivity contribution in [2.75, 3.05) is 5.32 Å². The lowest BCUT2D eigenvalue weighted by Crippen LogP contribution is -2.47. The molecule has 2 aromatic carbocycles. The van der Waals surface area contributed by atoms with Crippen molar-refractivity contribution in [3.05, 3.63) is 65.9 Å². The number of aryl methyl sites for hydroxylation is 1. The molecule has 0 amide bonds. The third-order valence-corrected chi connectivity index (χ3v) is 7.94. The summed E-state index contributed by atoms with van der Waals surface area (Å²) >= 11 is 0. The fraction of sp³-hybridized carbons (Fsp3) is 0.357. The van der Waals surface area contributed by atoms with Crippen LogP contribution >= 0.6 is 0 Å². The van der Waals surface area contributed by atoms with Crippen LogP contribution in [0.15, 0.2) is 48.7 Å². The molecule has 2 atom stereocenters. The van der Waals surface area contributed by atoms with Gasteiger partial charge < -0.3 is 10.3 Å². The molecule has 0 saturated heterocycles. The van der Waals surface area contributed by atoms with Gasteiger partial charge in [0.15, 0.2) is 5.82 Å². The Bertz CT molecular complexity index is 1370. The Balaban J connectivity index is 1.47. The molecular formula is C28H28F2N4. The first-order chi connectivity index (χ1) is 16.5. The number of hydrogen-bond donors (Lipinski definition) is 2. The molecule has 3 aliphatic rings. The number of H-pyrrole nitrogens is 1. The van der Waals surface area contributed by atoms with Crippen LogP contribution in [0.1, 0.15) is 38.2 Å². The molecule has 0 unspecified atom stereocenters. The summed E-state index contributed by atoms with van der Waals surface area (Å²) in [7, 11) is 0. The number of fused-ring (bicyclic) bond motifs is 4. The molecule has 6 heteroatoms. The predicted molar refractivity (Wildman–Crippen MR) is 131 cm³/mol. The number of nitrogens with zero attached hydrogens (tertiary/aromatic N) is 2. The molecule has 2 aromatic heterocycles. The van der Waals surface area contributed by atoms with Gasteiger partial charge in [-0.25, -0.2) is 18.7 Å². The number of rotatable bonds is 4. The highest BCUT2D eigenvalue weighted by Gasteiger charge is 2.41. The van der Waals surface area contributed by atoms with Crippen molar-refractivity contribution < 1.29 is 8.78 Å². The van der Waals surface area contributed by atoms with Crippen LogP contribution in [-0.2, 0) is 0 Å². The first-order valence-corrected chi connectivity index (χ1v) is 12.2. The Morgan fingerprint density at radius 1 is 0.971 bits per heavy atom. The standard InChI is InChI=1S/C28H28F2N4/c1-15-4-3-5-19(10-15)24-13-25(33-26-16(2)17-6-8-18(26)9-7-17)34-28(32-24)22-14-31-27-21(22)11-20(29)12-23(27)30/h3-5,10-14,16-18,26,31H,6-9H2,1-2H3,(H,32,33,34)/t16-,17?,18?,26+/m1/s1. The smallest absolute Gasteiger partial charge is 0.164 e. The third kappa shape index (κ3) is 3.65. The van der Waals surface area contributed by atoms with Gasteiger partial charge in [0.2, 0.25) is 0 Å². The second-order valence-corrected chi connectivity index (χ2v) is 10.0. The number of anilines is 1. The SMILES string of the molecule is Cc1cccc(-c2cc(N[C@@H]3C4CCC(CC4)[C@H]3C)nc(-c3c[nH]c4c(F)cc(F)cc34)n2)c1. The van der Waals surface area contributed by atoms with Crippen LogP contribution < -0.4 is 5.32 Å². The van der Waals surface area contributed by atoms with Crippen LogP contribution in [0.4, 0.5) is 14.6 Å². The molecule has 174 valence electrons. The van der Waals surface area contributed by atoms with Crippen molar-refractivity contribution in [2.24, 2.45) is 17.8 Å². The van der Waals surface area contributed by atoms with E-state index in [1.807, 2.05) is 18.2 Å². The lowest BCUT2D eigenvalue weighted by atomic mass is 9.62. The summed E-state index contributed by atoms with van der Waals surface area (Å²) in [6, 6.07) is 12.8. The zero-order valence-corrected chi connectivity index (χ0v) is 19.4. The van der Waals surface area contributed by atoms with Gasteiger partial charge in [-0.1, -0.05) is 30.7 Å². The van der Waals surface area contributed by atoms with Crippen molar-refractivity contribution in [1.82, 2.24) is 15.0 Å². The quantitative estimate of drug-likeness (QED) is 0.342. The molecule has 2 N–H and O–H groups in total. The molecule has 4 aromatic rings. The molecule has 0 spiro atoms. The summed E-state index contributed by atoms with van der Waals surface area (Å²) in [6.07, 6.45) is 6.82. The van der Waals surface area contributed by atoms with Gasteiger partial charge in [-0.2, -0.15) is 0 Å². The van der Waals surface area contributed by atoms with Crippen molar-refractivity contribution >= 4 is 16.7 Å². The van der Waals surface area contributed by atoms with Crippen molar-refractivity contribution in [3.8, 4) is 22.6 Å². The molecular weight excluding hydrogens is 430 g/mol. The highest BCUT2D eigenvalue weighted by atomic mass is 19.1. The van der Waals surface area contributed by atoms with Crippen LogP contribution in [0.3, 0.4) is 0 Å². The maximum absolute atomic E-state index is 14.4. The molecule has 4 nitrogen and oxygen atoms in total. The number of aromatic nitrogens is 3. The number of halogens is 2. The Morgan fingerprint density at radius 2 is 1.76 bits per heavy atom. The van der Waals surface area contributed by atoms with E-state index in [0.29, 0.717) is 34.7 Å². The van der Waals surface area contributed by atoms with Gasteiger partial charge in [0.05, 0.1) is 11.2 Å². The number of hydrogen-bond acceptors (Lipinski definition) is 3. The lowest BCUT2D eigenvalue weighted by molar-refractivity contribution is 0.0928. The zero-order chi connectivity index (χ0) is 23.4. The van der Waals surface area contributed by atoms with E-state index in [1.54, 1.807) is 6.20 Å². The summed E-state index contributed by atoms with van der Waals surface area (Å²) in [4.78, 5) is 12.6. The van der Waals surface area contributed by atoms with E-state index in [4.69, 9.17) is 9.97 Å². The Morgan fingerprint density at radius 3 is 2.53 bits per heavy atom. The van der Waals surface area contributed by atoms with E-state index >= 15 is 0 Å². The first kappa shape index (κ1) is 21.3. The van der Waals surface area contributed by atoms with Gasteiger partial charge in [0.25, 0.3) is 0 Å². The van der Waals surface area contributed by atoms with Gasteiger partial charge in [0.1, 0.15) is 17.5 Å². The van der Waals surface area contributed by atoms with E-state index in [2.05, 4.69) is 36.3 Å². The van der Waals surface area contributed by atoms with E-state index < -0.39 is 11.6 Å². The van der Waals surface area contributed by atoms with E-state index in [9.17, 15) is 8.78 Å². The highest BCUT2D eigenvalue weighted by Crippen LogP contribution is 2.46. The second-order valence-electron chi connectivity index (χ2n) is 10.0. The van der Waals surface area contributed by atoms with Gasteiger partial charge in [-0.15, -0.1) is 0 Å². The topological polar surface area (TPSA) is 53.6 Å². The monoisotopic (exact) mass is 458 g/mol. The number of nitrogens with one attached hydrogen (secondary N) is 2. The summed E-state index contributed by atoms with van der Waals surface area (Å²) < 4.78 is 28.4. The Labute approximate surface area is 197 Å². The predicted octanol–water partition coefficient (Wildman–Crippen LogP) is 7.12. The van der Waals surface area contributed by atoms with E-state index in [0.717, 1.165) is 34.6 Å². The van der Waals surface area contributed by atoms with E-state index in [1.165, 1.54) is 31.7 Å². The summed E-state index contributed by atoms with van der Waals surface area (Å²) in [6.45, 7) is 4.40. The largest absolute Gasteiger partial charge is 0.367 e. The van der Waals surface area contributed by atoms with Crippen LogP contribution in [0.25, 0.3) is 33.5 Å². The maximum atomic E-state index is 14.4. The second kappa shape index (κ2) is 8.19. The molecule has 34 heavy (non-hydrogen) atoms. The molecule has 7 rings (SSSR count). The highest BCUT2D eigenvalue weighted by molar-refractivity contribution is 5.94. The van der Waals surface area contributed by atoms with Crippen LogP contribution in [-0.4, -0.2) is 21.0 Å². The molecule has 2 heterocycles. The van der Waals surface area contributed by atoms with Gasteiger partial charge >= 0.3 is 0 Å². The summed E-state index contributed by atoms with van der Waals surface area (Å²) in [5, 5.41) is 4.19.